The van der Waals surface area contributed by atoms with Gasteiger partial charge in [-0.05, 0) is 101 Å². The van der Waals surface area contributed by atoms with Crippen molar-refractivity contribution < 1.29 is 19.1 Å². The Hall–Kier alpha value is -3.61. The van der Waals surface area contributed by atoms with Gasteiger partial charge in [-0.25, -0.2) is 14.3 Å². The van der Waals surface area contributed by atoms with E-state index in [1.165, 1.54) is 36.9 Å². The SMILES string of the molecule is CC(=O)c1cc(N=C(N)N(C#N)CCC[C@H]2C[C@@H](Cc3ccc(F)cc3)CCN2CCCO)cc(C(C)=O)c1. The van der Waals surface area contributed by atoms with Crippen LogP contribution in [0.15, 0.2) is 47.5 Å². The van der Waals surface area contributed by atoms with E-state index in [1.54, 1.807) is 12.1 Å². The van der Waals surface area contributed by atoms with E-state index in [1.807, 2.05) is 12.1 Å². The Balaban J connectivity index is 1.65. The van der Waals surface area contributed by atoms with Gasteiger partial charge < -0.3 is 15.7 Å². The van der Waals surface area contributed by atoms with Crippen LogP contribution in [0.1, 0.15) is 72.2 Å². The topological polar surface area (TPSA) is 123 Å². The van der Waals surface area contributed by atoms with Crippen molar-refractivity contribution >= 4 is 23.2 Å². The predicted octanol–water partition coefficient (Wildman–Crippen LogP) is 4.45. The van der Waals surface area contributed by atoms with Crippen molar-refractivity contribution in [1.29, 1.82) is 5.26 Å². The molecule has 8 nitrogen and oxygen atoms in total. The Morgan fingerprint density at radius 2 is 1.82 bits per heavy atom. The Kier molecular flexibility index (Phi) is 11.1. The Morgan fingerprint density at radius 3 is 2.41 bits per heavy atom. The van der Waals surface area contributed by atoms with Crippen LogP contribution in [0.25, 0.3) is 0 Å². The average molecular weight is 536 g/mol. The second kappa shape index (κ2) is 14.5. The number of nitrogens with two attached hydrogens (primary N) is 1. The number of hydrogen-bond donors (Lipinski definition) is 2. The lowest BCUT2D eigenvalue weighted by Crippen LogP contribution is -2.44. The van der Waals surface area contributed by atoms with Gasteiger partial charge in [0.2, 0.25) is 5.96 Å². The molecule has 1 aliphatic heterocycles. The second-order valence-electron chi connectivity index (χ2n) is 10.2. The summed E-state index contributed by atoms with van der Waals surface area (Å²) in [5.74, 6) is -0.134. The number of Topliss-reactive ketones (excluding diaryl/α,β-unsaturated/α-hetero) is 2. The number of benzene rings is 2. The third-order valence-corrected chi connectivity index (χ3v) is 7.28. The van der Waals surface area contributed by atoms with Gasteiger partial charge in [0.25, 0.3) is 0 Å². The van der Waals surface area contributed by atoms with Gasteiger partial charge in [0, 0.05) is 36.9 Å². The fourth-order valence-electron chi connectivity index (χ4n) is 5.17. The van der Waals surface area contributed by atoms with E-state index < -0.39 is 0 Å². The van der Waals surface area contributed by atoms with Gasteiger partial charge in [0.05, 0.1) is 5.69 Å². The van der Waals surface area contributed by atoms with Crippen molar-refractivity contribution in [2.24, 2.45) is 16.6 Å². The van der Waals surface area contributed by atoms with Crippen LogP contribution in [0.2, 0.25) is 0 Å². The maximum absolute atomic E-state index is 13.3. The highest BCUT2D eigenvalue weighted by Gasteiger charge is 2.28. The molecule has 9 heteroatoms. The Morgan fingerprint density at radius 1 is 1.15 bits per heavy atom. The molecule has 3 rings (SSSR count). The quantitative estimate of drug-likeness (QED) is 0.135. The fourth-order valence-corrected chi connectivity index (χ4v) is 5.17. The highest BCUT2D eigenvalue weighted by molar-refractivity contribution is 6.01. The molecule has 1 heterocycles. The molecule has 2 aromatic rings. The number of aliphatic hydroxyl groups is 1. The first kappa shape index (κ1) is 29.9. The molecular weight excluding hydrogens is 497 g/mol. The number of rotatable bonds is 12. The van der Waals surface area contributed by atoms with Crippen LogP contribution in [0.3, 0.4) is 0 Å². The summed E-state index contributed by atoms with van der Waals surface area (Å²) in [6.45, 7) is 5.11. The number of ketones is 2. The molecule has 2 aromatic carbocycles. The zero-order valence-corrected chi connectivity index (χ0v) is 22.8. The number of aliphatic hydroxyl groups excluding tert-OH is 1. The van der Waals surface area contributed by atoms with Crippen LogP contribution >= 0.6 is 0 Å². The van der Waals surface area contributed by atoms with Crippen molar-refractivity contribution in [3.8, 4) is 6.19 Å². The molecule has 39 heavy (non-hydrogen) atoms. The molecule has 1 fully saturated rings. The van der Waals surface area contributed by atoms with E-state index in [0.29, 0.717) is 48.2 Å². The van der Waals surface area contributed by atoms with E-state index in [4.69, 9.17) is 5.73 Å². The normalized spacial score (nSPS) is 18.0. The standard InChI is InChI=1S/C30H38FN5O3/c1-21(38)25-17-26(22(2)39)19-28(18-25)34-30(33)36(20-32)11-3-5-29-16-24(10-13-35(29)12-4-14-37)15-23-6-8-27(31)9-7-23/h6-9,17-19,24,29,37H,3-5,10-16H2,1-2H3,(H2,33,34)/t24-,29+/m1/s1. The number of likely N-dealkylation sites (tertiary alicyclic amines) is 1. The van der Waals surface area contributed by atoms with Crippen LogP contribution in [0.5, 0.6) is 0 Å². The van der Waals surface area contributed by atoms with Gasteiger partial charge in [-0.3, -0.25) is 9.59 Å². The molecule has 0 radical (unpaired) electrons. The number of halogens is 1. The molecule has 0 spiro atoms. The summed E-state index contributed by atoms with van der Waals surface area (Å²) < 4.78 is 13.3. The van der Waals surface area contributed by atoms with E-state index in [2.05, 4.69) is 16.1 Å². The lowest BCUT2D eigenvalue weighted by molar-refractivity contribution is 0.0948. The smallest absolute Gasteiger partial charge is 0.209 e. The molecule has 208 valence electrons. The third kappa shape index (κ3) is 8.98. The van der Waals surface area contributed by atoms with Crippen molar-refractivity contribution in [3.05, 3.63) is 65.0 Å². The summed E-state index contributed by atoms with van der Waals surface area (Å²) in [6.07, 6.45) is 7.30. The number of hydrogen-bond acceptors (Lipinski definition) is 6. The first-order valence-corrected chi connectivity index (χ1v) is 13.5. The van der Waals surface area contributed by atoms with Crippen LogP contribution in [-0.4, -0.2) is 64.7 Å². The van der Waals surface area contributed by atoms with Crippen molar-refractivity contribution in [1.82, 2.24) is 9.80 Å². The molecule has 0 unspecified atom stereocenters. The van der Waals surface area contributed by atoms with Crippen molar-refractivity contribution in [2.75, 3.05) is 26.2 Å². The number of carbonyl (C=O) groups excluding carboxylic acids is 2. The lowest BCUT2D eigenvalue weighted by atomic mass is 9.84. The summed E-state index contributed by atoms with van der Waals surface area (Å²) in [5.41, 5.74) is 8.35. The maximum Gasteiger partial charge on any atom is 0.209 e. The highest BCUT2D eigenvalue weighted by Crippen LogP contribution is 2.29. The maximum atomic E-state index is 13.3. The molecule has 0 aromatic heterocycles. The molecule has 0 aliphatic carbocycles. The number of piperidine rings is 1. The van der Waals surface area contributed by atoms with Crippen LogP contribution in [0.4, 0.5) is 10.1 Å². The van der Waals surface area contributed by atoms with Gasteiger partial charge in [0.15, 0.2) is 17.8 Å². The zero-order chi connectivity index (χ0) is 28.4. The summed E-state index contributed by atoms with van der Waals surface area (Å²) in [5, 5.41) is 19.1. The molecule has 1 saturated heterocycles. The van der Waals surface area contributed by atoms with Gasteiger partial charge in [0.1, 0.15) is 5.82 Å². The molecule has 1 aliphatic rings. The fraction of sp³-hybridized carbons (Fsp3) is 0.467. The number of guanidine groups is 1. The molecule has 2 atom stereocenters. The Bertz CT molecular complexity index is 1180. The number of carbonyl (C=O) groups is 2. The molecular formula is C30H38FN5O3. The number of nitrogens with zero attached hydrogens (tertiary/aromatic N) is 4. The average Bonchev–Trinajstić information content (AvgIpc) is 2.91. The molecule has 3 N–H and O–H groups in total. The Labute approximate surface area is 229 Å². The van der Waals surface area contributed by atoms with E-state index >= 15 is 0 Å². The number of nitriles is 1. The third-order valence-electron chi connectivity index (χ3n) is 7.28. The molecule has 0 amide bonds. The highest BCUT2D eigenvalue weighted by atomic mass is 19.1. The van der Waals surface area contributed by atoms with Gasteiger partial charge in [-0.2, -0.15) is 5.26 Å². The molecule has 0 bridgehead atoms. The summed E-state index contributed by atoms with van der Waals surface area (Å²) in [7, 11) is 0. The first-order chi connectivity index (χ1) is 18.7. The molecule has 0 saturated carbocycles. The van der Waals surface area contributed by atoms with Crippen LogP contribution in [-0.2, 0) is 6.42 Å². The first-order valence-electron chi connectivity index (χ1n) is 13.5. The minimum absolute atomic E-state index is 0.00247. The summed E-state index contributed by atoms with van der Waals surface area (Å²) in [6, 6.07) is 11.6. The van der Waals surface area contributed by atoms with E-state index in [9.17, 15) is 24.3 Å². The van der Waals surface area contributed by atoms with Crippen molar-refractivity contribution in [3.63, 3.8) is 0 Å². The number of aliphatic imine (C=N–C) groups is 1. The predicted molar refractivity (Wildman–Crippen MR) is 149 cm³/mol. The largest absolute Gasteiger partial charge is 0.396 e. The summed E-state index contributed by atoms with van der Waals surface area (Å²) >= 11 is 0. The van der Waals surface area contributed by atoms with E-state index in [-0.39, 0.29) is 30.0 Å². The minimum atomic E-state index is -0.230. The van der Waals surface area contributed by atoms with Crippen molar-refractivity contribution in [2.45, 2.75) is 58.4 Å². The van der Waals surface area contributed by atoms with Gasteiger partial charge in [-0.1, -0.05) is 12.1 Å². The van der Waals surface area contributed by atoms with Crippen LogP contribution < -0.4 is 5.73 Å². The monoisotopic (exact) mass is 535 g/mol. The lowest BCUT2D eigenvalue weighted by Gasteiger charge is -2.40. The second-order valence-corrected chi connectivity index (χ2v) is 10.2. The van der Waals surface area contributed by atoms with Gasteiger partial charge >= 0.3 is 0 Å². The summed E-state index contributed by atoms with van der Waals surface area (Å²) in [4.78, 5) is 31.8. The van der Waals surface area contributed by atoms with E-state index in [0.717, 1.165) is 44.3 Å². The zero-order valence-electron chi connectivity index (χ0n) is 22.8. The van der Waals surface area contributed by atoms with Gasteiger partial charge in [-0.15, -0.1) is 0 Å². The minimum Gasteiger partial charge on any atom is -0.396 e. The van der Waals surface area contributed by atoms with Crippen LogP contribution in [0, 0.1) is 23.2 Å².